The van der Waals surface area contributed by atoms with Crippen LogP contribution in [0, 0.1) is 11.3 Å². The summed E-state index contributed by atoms with van der Waals surface area (Å²) in [6.45, 7) is 0. The van der Waals surface area contributed by atoms with Gasteiger partial charge < -0.3 is 14.4 Å². The summed E-state index contributed by atoms with van der Waals surface area (Å²) in [6.07, 6.45) is 0.219. The number of halogens is 1. The maximum absolute atomic E-state index is 13.3. The molecule has 0 unspecified atom stereocenters. The van der Waals surface area contributed by atoms with E-state index in [0.29, 0.717) is 27.8 Å². The van der Waals surface area contributed by atoms with Crippen LogP contribution in [-0.2, 0) is 11.2 Å². The van der Waals surface area contributed by atoms with Crippen LogP contribution in [0.3, 0.4) is 0 Å². The van der Waals surface area contributed by atoms with E-state index in [1.807, 2.05) is 30.3 Å². The molecular formula is C24H19ClN2O3. The molecule has 4 rings (SSSR count). The zero-order valence-corrected chi connectivity index (χ0v) is 17.3. The Kier molecular flexibility index (Phi) is 5.35. The van der Waals surface area contributed by atoms with Gasteiger partial charge in [0.05, 0.1) is 38.3 Å². The molecule has 1 aliphatic heterocycles. The molecule has 6 heteroatoms. The summed E-state index contributed by atoms with van der Waals surface area (Å²) in [5, 5.41) is 9.94. The molecule has 0 bridgehead atoms. The highest BCUT2D eigenvalue weighted by atomic mass is 35.5. The third-order valence-electron chi connectivity index (χ3n) is 5.25. The lowest BCUT2D eigenvalue weighted by atomic mass is 9.86. The topological polar surface area (TPSA) is 62.6 Å². The fourth-order valence-corrected chi connectivity index (χ4v) is 3.99. The SMILES string of the molecule is COc1cc2c(cc1OC)[C@H](c1ccc(Cl)cc1)N(c1cccc(C#N)c1)C(=O)C2. The van der Waals surface area contributed by atoms with E-state index in [1.165, 1.54) is 0 Å². The molecule has 1 heterocycles. The van der Waals surface area contributed by atoms with Crippen molar-refractivity contribution in [2.75, 3.05) is 19.1 Å². The highest BCUT2D eigenvalue weighted by molar-refractivity contribution is 6.30. The zero-order valence-electron chi connectivity index (χ0n) is 16.6. The van der Waals surface area contributed by atoms with Gasteiger partial charge >= 0.3 is 0 Å². The Bertz CT molecular complexity index is 1150. The molecule has 0 fully saturated rings. The third-order valence-corrected chi connectivity index (χ3v) is 5.50. The molecule has 3 aromatic carbocycles. The number of hydrogen-bond acceptors (Lipinski definition) is 4. The number of ether oxygens (including phenoxy) is 2. The number of hydrogen-bond donors (Lipinski definition) is 0. The summed E-state index contributed by atoms with van der Waals surface area (Å²) in [5.41, 5.74) is 3.89. The van der Waals surface area contributed by atoms with Crippen molar-refractivity contribution >= 4 is 23.2 Å². The number of amides is 1. The summed E-state index contributed by atoms with van der Waals surface area (Å²) in [4.78, 5) is 15.0. The first-order chi connectivity index (χ1) is 14.5. The van der Waals surface area contributed by atoms with Crippen molar-refractivity contribution in [3.63, 3.8) is 0 Å². The monoisotopic (exact) mass is 418 g/mol. The Hall–Kier alpha value is -3.49. The fourth-order valence-electron chi connectivity index (χ4n) is 3.87. The predicted molar refractivity (Wildman–Crippen MR) is 115 cm³/mol. The highest BCUT2D eigenvalue weighted by Crippen LogP contribution is 2.43. The van der Waals surface area contributed by atoms with Crippen molar-refractivity contribution in [3.05, 3.63) is 87.9 Å². The van der Waals surface area contributed by atoms with Gasteiger partial charge in [0.25, 0.3) is 0 Å². The van der Waals surface area contributed by atoms with Gasteiger partial charge in [-0.3, -0.25) is 4.79 Å². The number of fused-ring (bicyclic) bond motifs is 1. The lowest BCUT2D eigenvalue weighted by Gasteiger charge is -2.38. The molecule has 3 aromatic rings. The maximum Gasteiger partial charge on any atom is 0.232 e. The summed E-state index contributed by atoms with van der Waals surface area (Å²) < 4.78 is 10.9. The van der Waals surface area contributed by atoms with Crippen LogP contribution in [0.5, 0.6) is 11.5 Å². The number of nitriles is 1. The predicted octanol–water partition coefficient (Wildman–Crippen LogP) is 4.91. The largest absolute Gasteiger partial charge is 0.493 e. The summed E-state index contributed by atoms with van der Waals surface area (Å²) in [7, 11) is 3.16. The van der Waals surface area contributed by atoms with E-state index in [0.717, 1.165) is 16.7 Å². The van der Waals surface area contributed by atoms with Gasteiger partial charge in [0, 0.05) is 10.7 Å². The van der Waals surface area contributed by atoms with Crippen molar-refractivity contribution in [2.24, 2.45) is 0 Å². The van der Waals surface area contributed by atoms with E-state index < -0.39 is 6.04 Å². The molecule has 0 N–H and O–H groups in total. The van der Waals surface area contributed by atoms with Crippen LogP contribution in [-0.4, -0.2) is 20.1 Å². The first-order valence-electron chi connectivity index (χ1n) is 9.38. The third kappa shape index (κ3) is 3.47. The van der Waals surface area contributed by atoms with Crippen LogP contribution in [0.25, 0.3) is 0 Å². The van der Waals surface area contributed by atoms with E-state index in [4.69, 9.17) is 21.1 Å². The number of rotatable bonds is 4. The quantitative estimate of drug-likeness (QED) is 0.604. The molecular weight excluding hydrogens is 400 g/mol. The lowest BCUT2D eigenvalue weighted by Crippen LogP contribution is -2.41. The molecule has 1 aliphatic rings. The molecule has 150 valence electrons. The average molecular weight is 419 g/mol. The van der Waals surface area contributed by atoms with Gasteiger partial charge in [-0.25, -0.2) is 0 Å². The molecule has 5 nitrogen and oxygen atoms in total. The van der Waals surface area contributed by atoms with Crippen molar-refractivity contribution in [3.8, 4) is 17.6 Å². The van der Waals surface area contributed by atoms with Crippen LogP contribution in [0.4, 0.5) is 5.69 Å². The van der Waals surface area contributed by atoms with Crippen molar-refractivity contribution in [2.45, 2.75) is 12.5 Å². The van der Waals surface area contributed by atoms with Gasteiger partial charge in [0.2, 0.25) is 5.91 Å². The van der Waals surface area contributed by atoms with Crippen LogP contribution < -0.4 is 14.4 Å². The van der Waals surface area contributed by atoms with Gasteiger partial charge in [-0.2, -0.15) is 5.26 Å². The molecule has 0 saturated carbocycles. The number of anilines is 1. The number of carbonyl (C=O) groups excluding carboxylic acids is 1. The van der Waals surface area contributed by atoms with Crippen molar-refractivity contribution in [1.29, 1.82) is 5.26 Å². The molecule has 0 aromatic heterocycles. The Morgan fingerprint density at radius 3 is 2.40 bits per heavy atom. The van der Waals surface area contributed by atoms with Crippen LogP contribution in [0.2, 0.25) is 5.02 Å². The smallest absolute Gasteiger partial charge is 0.232 e. The van der Waals surface area contributed by atoms with Gasteiger partial charge in [-0.1, -0.05) is 29.8 Å². The minimum Gasteiger partial charge on any atom is -0.493 e. The Labute approximate surface area is 180 Å². The van der Waals surface area contributed by atoms with Gasteiger partial charge in [-0.05, 0) is 59.2 Å². The van der Waals surface area contributed by atoms with Crippen LogP contribution in [0.15, 0.2) is 60.7 Å². The van der Waals surface area contributed by atoms with Crippen molar-refractivity contribution < 1.29 is 14.3 Å². The van der Waals surface area contributed by atoms with E-state index in [2.05, 4.69) is 6.07 Å². The number of nitrogens with zero attached hydrogens (tertiary/aromatic N) is 2. The fraction of sp³-hybridized carbons (Fsp3) is 0.167. The second-order valence-corrected chi connectivity index (χ2v) is 7.40. The summed E-state index contributed by atoms with van der Waals surface area (Å²) in [5.74, 6) is 1.11. The first kappa shape index (κ1) is 19.8. The van der Waals surface area contributed by atoms with E-state index in [1.54, 1.807) is 49.5 Å². The zero-order chi connectivity index (χ0) is 21.3. The molecule has 1 amide bonds. The van der Waals surface area contributed by atoms with E-state index >= 15 is 0 Å². The average Bonchev–Trinajstić information content (AvgIpc) is 2.78. The lowest BCUT2D eigenvalue weighted by molar-refractivity contribution is -0.118. The highest BCUT2D eigenvalue weighted by Gasteiger charge is 2.36. The molecule has 0 radical (unpaired) electrons. The molecule has 0 aliphatic carbocycles. The second-order valence-electron chi connectivity index (χ2n) is 6.96. The standard InChI is InChI=1S/C24H19ClN2O3/c1-29-21-11-17-12-23(28)27(19-5-3-4-15(10-19)14-26)24(20(17)13-22(21)30-2)16-6-8-18(25)9-7-16/h3-11,13,24H,12H2,1-2H3/t24-/m0/s1. The van der Waals surface area contributed by atoms with Crippen molar-refractivity contribution in [1.82, 2.24) is 0 Å². The first-order valence-corrected chi connectivity index (χ1v) is 9.76. The molecule has 30 heavy (non-hydrogen) atoms. The normalized spacial score (nSPS) is 15.3. The minimum absolute atomic E-state index is 0.0650. The number of methoxy groups -OCH3 is 2. The van der Waals surface area contributed by atoms with Gasteiger partial charge in [0.1, 0.15) is 0 Å². The Morgan fingerprint density at radius 1 is 1.03 bits per heavy atom. The molecule has 0 spiro atoms. The Balaban J connectivity index is 1.95. The van der Waals surface area contributed by atoms with Crippen LogP contribution in [0.1, 0.15) is 28.3 Å². The summed E-state index contributed by atoms with van der Waals surface area (Å²) in [6, 6.07) is 20.0. The van der Waals surface area contributed by atoms with Gasteiger partial charge in [0.15, 0.2) is 11.5 Å². The second kappa shape index (κ2) is 8.10. The van der Waals surface area contributed by atoms with E-state index in [-0.39, 0.29) is 12.3 Å². The van der Waals surface area contributed by atoms with Gasteiger partial charge in [-0.15, -0.1) is 0 Å². The minimum atomic E-state index is -0.396. The summed E-state index contributed by atoms with van der Waals surface area (Å²) >= 11 is 6.11. The Morgan fingerprint density at radius 2 is 1.73 bits per heavy atom. The molecule has 1 atom stereocenters. The number of benzene rings is 3. The van der Waals surface area contributed by atoms with E-state index in [9.17, 15) is 10.1 Å². The molecule has 0 saturated heterocycles. The number of carbonyl (C=O) groups is 1. The maximum atomic E-state index is 13.3. The van der Waals surface area contributed by atoms with Crippen LogP contribution >= 0.6 is 11.6 Å².